The number of rotatable bonds is 9. The molecule has 0 aromatic heterocycles. The van der Waals surface area contributed by atoms with Gasteiger partial charge in [0.05, 0.1) is 25.9 Å². The summed E-state index contributed by atoms with van der Waals surface area (Å²) in [6.07, 6.45) is -34.5. The Bertz CT molecular complexity index is 1290. The number of hydrogen-bond acceptors (Lipinski definition) is 22. The van der Waals surface area contributed by atoms with Gasteiger partial charge in [-0.3, -0.25) is 9.59 Å². The number of ether oxygens (including phenoxy) is 10. The molecule has 23 nitrogen and oxygen atoms in total. The number of esters is 2. The molecule has 21 atom stereocenters. The highest BCUT2D eigenvalue weighted by molar-refractivity contribution is 5.74. The van der Waals surface area contributed by atoms with E-state index in [4.69, 9.17) is 47.4 Å². The second-order valence-electron chi connectivity index (χ2n) is 13.6. The summed E-state index contributed by atoms with van der Waals surface area (Å²) in [6.45, 7) is 1.88. The second-order valence-corrected chi connectivity index (χ2v) is 13.6. The van der Waals surface area contributed by atoms with Crippen LogP contribution in [0.2, 0.25) is 0 Å². The van der Waals surface area contributed by atoms with Crippen LogP contribution >= 0.6 is 0 Å². The minimum absolute atomic E-state index is 0.718. The fourth-order valence-corrected chi connectivity index (χ4v) is 6.94. The van der Waals surface area contributed by atoms with Crippen molar-refractivity contribution < 1.29 is 108 Å². The highest BCUT2D eigenvalue weighted by Gasteiger charge is 2.59. The van der Waals surface area contributed by atoms with Crippen LogP contribution in [0.1, 0.15) is 27.7 Å². The lowest BCUT2D eigenvalue weighted by atomic mass is 9.93. The van der Waals surface area contributed by atoms with Crippen molar-refractivity contribution in [1.82, 2.24) is 5.32 Å². The Hall–Kier alpha value is -2.27. The molecule has 8 fully saturated rings. The fraction of sp³-hybridized carbons (Fsp3) is 0.903. The highest BCUT2D eigenvalue weighted by atomic mass is 16.8. The molecule has 0 aromatic rings. The molecule has 8 heterocycles. The molecule has 0 unspecified atom stereocenters. The molecule has 310 valence electrons. The molecule has 1 amide bonds. The van der Waals surface area contributed by atoms with Crippen LogP contribution in [0.25, 0.3) is 0 Å². The fourth-order valence-electron chi connectivity index (χ4n) is 6.94. The summed E-state index contributed by atoms with van der Waals surface area (Å²) in [4.78, 5) is 37.3. The van der Waals surface area contributed by atoms with Gasteiger partial charge in [0.15, 0.2) is 37.4 Å². The summed E-state index contributed by atoms with van der Waals surface area (Å²) < 4.78 is 58.1. The lowest BCUT2D eigenvalue weighted by Crippen LogP contribution is -2.72. The van der Waals surface area contributed by atoms with Gasteiger partial charge in [-0.15, -0.1) is 0 Å². The smallest absolute Gasteiger partial charge is 0.335 e. The number of amides is 1. The van der Waals surface area contributed by atoms with Gasteiger partial charge < -0.3 is 98.6 Å². The number of carbonyl (C=O) groups excluding carboxylic acids is 3. The Balaban J connectivity index is 1.62. The van der Waals surface area contributed by atoms with Gasteiger partial charge in [0, 0.05) is 13.8 Å². The maximum Gasteiger partial charge on any atom is 0.335 e. The molecule has 6 bridgehead atoms. The molecule has 0 spiro atoms. The van der Waals surface area contributed by atoms with Gasteiger partial charge >= 0.3 is 11.9 Å². The van der Waals surface area contributed by atoms with E-state index in [1.807, 2.05) is 0 Å². The van der Waals surface area contributed by atoms with Crippen molar-refractivity contribution in [3.05, 3.63) is 0 Å². The molecular weight excluding hydrogens is 738 g/mol. The van der Waals surface area contributed by atoms with Crippen LogP contribution in [0.3, 0.4) is 0 Å². The van der Waals surface area contributed by atoms with Crippen LogP contribution in [0.15, 0.2) is 0 Å². The van der Waals surface area contributed by atoms with Gasteiger partial charge in [-0.1, -0.05) is 0 Å². The van der Waals surface area contributed by atoms with Crippen molar-refractivity contribution in [2.45, 2.75) is 157 Å². The summed E-state index contributed by atoms with van der Waals surface area (Å²) in [5.74, 6) is -2.89. The molecule has 8 saturated heterocycles. The van der Waals surface area contributed by atoms with Crippen LogP contribution in [-0.4, -0.2) is 212 Å². The average Bonchev–Trinajstić information content (AvgIpc) is 3.11. The maximum absolute atomic E-state index is 12.5. The van der Waals surface area contributed by atoms with E-state index in [0.29, 0.717) is 0 Å². The average molecular weight is 788 g/mol. The van der Waals surface area contributed by atoms with Gasteiger partial charge in [0.2, 0.25) is 5.91 Å². The first kappa shape index (κ1) is 42.9. The van der Waals surface area contributed by atoms with E-state index in [0.717, 1.165) is 20.8 Å². The van der Waals surface area contributed by atoms with E-state index in [1.165, 1.54) is 6.92 Å². The van der Waals surface area contributed by atoms with Gasteiger partial charge in [0.1, 0.15) is 85.4 Å². The first-order chi connectivity index (χ1) is 25.5. The molecule has 0 saturated carbocycles. The number of aliphatic hydroxyl groups is 9. The quantitative estimate of drug-likeness (QED) is 0.0971. The van der Waals surface area contributed by atoms with Crippen molar-refractivity contribution in [1.29, 1.82) is 0 Å². The summed E-state index contributed by atoms with van der Waals surface area (Å²) in [5, 5.41) is 99.6. The summed E-state index contributed by atoms with van der Waals surface area (Å²) in [5.41, 5.74) is 0. The minimum atomic E-state index is -2.04. The molecule has 8 aliphatic rings. The van der Waals surface area contributed by atoms with Crippen LogP contribution in [-0.2, 0) is 61.8 Å². The first-order valence-electron chi connectivity index (χ1n) is 17.3. The Kier molecular flexibility index (Phi) is 14.2. The third-order valence-corrected chi connectivity index (χ3v) is 9.66. The Morgan fingerprint density at radius 3 is 1.76 bits per heavy atom. The summed E-state index contributed by atoms with van der Waals surface area (Å²) in [7, 11) is 0. The van der Waals surface area contributed by atoms with Crippen LogP contribution in [0, 0.1) is 0 Å². The lowest BCUT2D eigenvalue weighted by Gasteiger charge is -2.53. The first-order valence-corrected chi connectivity index (χ1v) is 17.3. The molecule has 8 rings (SSSR count). The zero-order valence-electron chi connectivity index (χ0n) is 29.6. The molecular formula is C31H49NO22. The van der Waals surface area contributed by atoms with Gasteiger partial charge in [0.25, 0.3) is 0 Å². The third kappa shape index (κ3) is 8.82. The normalized spacial score (nSPS) is 47.3. The molecule has 8 aliphatic heterocycles. The third-order valence-electron chi connectivity index (χ3n) is 9.66. The van der Waals surface area contributed by atoms with Crippen LogP contribution < -0.4 is 5.32 Å². The molecule has 0 radical (unpaired) electrons. The van der Waals surface area contributed by atoms with E-state index in [-0.39, 0.29) is 0 Å². The van der Waals surface area contributed by atoms with Gasteiger partial charge in [-0.25, -0.2) is 4.79 Å². The summed E-state index contributed by atoms with van der Waals surface area (Å²) >= 11 is 0. The monoisotopic (exact) mass is 787 g/mol. The summed E-state index contributed by atoms with van der Waals surface area (Å²) in [6, 6.07) is -1.54. The standard InChI is InChI=1S/C31H49NO22/c1-8(36)27(44)50-24-16(39)9(2)45-31(26(24)46-11(4)38)54-25-20(43)30-49-14(7-35)22(25)52-28-15(32-10(3)37)23(17(40)12(5-33)47-28)53-29-19(42)18(41)21(51-30)13(6-34)48-29/h8-9,12-26,28-31,33-36,39-43H,5-7H2,1-4H3,(H,32,37)/t8-,9+,12-,13-,14-,15-,16+,17-,18-,19+,20+,21-,22-,23-,24-,25-,26-,28+,29-,30+,31+/m1/s1. The molecule has 23 heteroatoms. The SMILES string of the molecule is CC(=O)N[C@H]1[C@@H]2O[C@H]3[C@H](O[C@@H]4O[C@@H](C)[C@H](O)[C@@H](OC(=O)[C@@H](C)O)[C@H]4OC(C)=O)[C@H](O)[C@H](O[C@H]4[C@H](O)[C@H](O)[C@@H](O[C@H]1[C@H](O)[C@@H](CO)O2)O[C@@H]4CO)O[C@@H]3CO. The topological polar surface area (TPSA) is 338 Å². The molecule has 54 heavy (non-hydrogen) atoms. The predicted octanol–water partition coefficient (Wildman–Crippen LogP) is -7.03. The minimum Gasteiger partial charge on any atom is -0.453 e. The molecule has 10 N–H and O–H groups in total. The number of carbonyl (C=O) groups is 3. The van der Waals surface area contributed by atoms with E-state index in [1.54, 1.807) is 0 Å². The molecule has 0 aromatic carbocycles. The highest BCUT2D eigenvalue weighted by Crippen LogP contribution is 2.38. The van der Waals surface area contributed by atoms with Crippen LogP contribution in [0.5, 0.6) is 0 Å². The van der Waals surface area contributed by atoms with Crippen molar-refractivity contribution >= 4 is 17.8 Å². The Morgan fingerprint density at radius 1 is 0.630 bits per heavy atom. The zero-order valence-corrected chi connectivity index (χ0v) is 29.6. The number of aliphatic hydroxyl groups excluding tert-OH is 9. The predicted molar refractivity (Wildman–Crippen MR) is 166 cm³/mol. The Morgan fingerprint density at radius 2 is 1.19 bits per heavy atom. The van der Waals surface area contributed by atoms with Gasteiger partial charge in [-0.05, 0) is 13.8 Å². The van der Waals surface area contributed by atoms with E-state index in [9.17, 15) is 60.3 Å². The molecule has 0 aliphatic carbocycles. The van der Waals surface area contributed by atoms with Crippen LogP contribution in [0.4, 0.5) is 0 Å². The van der Waals surface area contributed by atoms with E-state index in [2.05, 4.69) is 5.32 Å². The largest absolute Gasteiger partial charge is 0.453 e. The van der Waals surface area contributed by atoms with Crippen molar-refractivity contribution in [3.63, 3.8) is 0 Å². The van der Waals surface area contributed by atoms with Crippen molar-refractivity contribution in [3.8, 4) is 0 Å². The maximum atomic E-state index is 12.5. The second kappa shape index (κ2) is 17.9. The zero-order chi connectivity index (χ0) is 39.8. The Labute approximate surface area is 307 Å². The van der Waals surface area contributed by atoms with Gasteiger partial charge in [-0.2, -0.15) is 0 Å². The van der Waals surface area contributed by atoms with Crippen molar-refractivity contribution in [2.24, 2.45) is 0 Å². The van der Waals surface area contributed by atoms with E-state index >= 15 is 0 Å². The van der Waals surface area contributed by atoms with E-state index < -0.39 is 167 Å². The lowest BCUT2D eigenvalue weighted by molar-refractivity contribution is -0.408. The van der Waals surface area contributed by atoms with Crippen molar-refractivity contribution in [2.75, 3.05) is 19.8 Å². The number of hydrogen-bond donors (Lipinski definition) is 10. The number of nitrogens with one attached hydrogen (secondary N) is 1.